The fourth-order valence-corrected chi connectivity index (χ4v) is 2.74. The first-order valence-electron chi connectivity index (χ1n) is 7.20. The molecule has 0 heterocycles. The van der Waals surface area contributed by atoms with Crippen molar-refractivity contribution in [2.45, 2.75) is 19.8 Å². The Kier molecular flexibility index (Phi) is 6.75. The molecule has 0 saturated heterocycles. The number of ether oxygens (including phenoxy) is 1. The average molecular weight is 417 g/mol. The molecule has 23 heavy (non-hydrogen) atoms. The molecule has 1 N–H and O–H groups in total. The molecule has 0 spiro atoms. The van der Waals surface area contributed by atoms with Crippen LogP contribution >= 0.6 is 39.1 Å². The summed E-state index contributed by atoms with van der Waals surface area (Å²) in [6.07, 6.45) is 1.93. The van der Waals surface area contributed by atoms with Crippen molar-refractivity contribution in [2.24, 2.45) is 0 Å². The first-order valence-corrected chi connectivity index (χ1v) is 8.75. The summed E-state index contributed by atoms with van der Waals surface area (Å²) >= 11 is 15.7. The summed E-state index contributed by atoms with van der Waals surface area (Å²) in [5.41, 5.74) is 1.07. The van der Waals surface area contributed by atoms with Crippen LogP contribution in [0.4, 0.5) is 5.69 Å². The van der Waals surface area contributed by atoms with Crippen LogP contribution in [0.5, 0.6) is 5.75 Å². The van der Waals surface area contributed by atoms with Gasteiger partial charge in [-0.25, -0.2) is 0 Å². The first kappa shape index (κ1) is 18.1. The van der Waals surface area contributed by atoms with Crippen LogP contribution in [0.1, 0.15) is 30.1 Å². The van der Waals surface area contributed by atoms with E-state index in [0.29, 0.717) is 33.7 Å². The van der Waals surface area contributed by atoms with Crippen molar-refractivity contribution in [1.29, 1.82) is 0 Å². The number of amides is 1. The Morgan fingerprint density at radius 2 is 1.78 bits per heavy atom. The highest BCUT2D eigenvalue weighted by Gasteiger charge is 2.14. The van der Waals surface area contributed by atoms with E-state index >= 15 is 0 Å². The van der Waals surface area contributed by atoms with Crippen molar-refractivity contribution in [3.8, 4) is 5.75 Å². The highest BCUT2D eigenvalue weighted by atomic mass is 79.9. The zero-order chi connectivity index (χ0) is 16.8. The molecule has 0 aromatic heterocycles. The van der Waals surface area contributed by atoms with Gasteiger partial charge in [0.1, 0.15) is 0 Å². The number of hydrogen-bond acceptors (Lipinski definition) is 2. The lowest BCUT2D eigenvalue weighted by Gasteiger charge is -2.12. The van der Waals surface area contributed by atoms with Gasteiger partial charge < -0.3 is 10.1 Å². The van der Waals surface area contributed by atoms with Gasteiger partial charge in [-0.3, -0.25) is 4.79 Å². The van der Waals surface area contributed by atoms with E-state index in [1.165, 1.54) is 0 Å². The summed E-state index contributed by atoms with van der Waals surface area (Å²) in [4.78, 5) is 12.3. The van der Waals surface area contributed by atoms with Crippen molar-refractivity contribution >= 4 is 50.7 Å². The van der Waals surface area contributed by atoms with Crippen molar-refractivity contribution in [3.05, 3.63) is 56.5 Å². The molecule has 2 aromatic carbocycles. The van der Waals surface area contributed by atoms with Gasteiger partial charge in [0, 0.05) is 15.7 Å². The van der Waals surface area contributed by atoms with Crippen LogP contribution in [0.3, 0.4) is 0 Å². The van der Waals surface area contributed by atoms with Crippen molar-refractivity contribution in [2.75, 3.05) is 11.9 Å². The molecule has 0 aliphatic heterocycles. The van der Waals surface area contributed by atoms with Crippen molar-refractivity contribution in [1.82, 2.24) is 0 Å². The summed E-state index contributed by atoms with van der Waals surface area (Å²) < 4.78 is 6.51. The van der Waals surface area contributed by atoms with Crippen LogP contribution in [0.15, 0.2) is 40.9 Å². The lowest BCUT2D eigenvalue weighted by molar-refractivity contribution is 0.102. The number of anilines is 1. The van der Waals surface area contributed by atoms with E-state index in [0.717, 1.165) is 17.3 Å². The maximum absolute atomic E-state index is 12.3. The molecule has 0 aliphatic rings. The van der Waals surface area contributed by atoms with Crippen LogP contribution in [0.2, 0.25) is 10.0 Å². The lowest BCUT2D eigenvalue weighted by atomic mass is 10.2. The van der Waals surface area contributed by atoms with Gasteiger partial charge in [0.15, 0.2) is 5.75 Å². The topological polar surface area (TPSA) is 38.3 Å². The molecule has 0 saturated carbocycles. The second kappa shape index (κ2) is 8.57. The third kappa shape index (κ3) is 5.13. The number of halogens is 3. The standard InChI is InChI=1S/C17H16BrCl2NO2/c1-2-3-8-23-16-14(19)9-11(10-15(16)20)17(22)21-13-6-4-12(18)5-7-13/h4-7,9-10H,2-3,8H2,1H3,(H,21,22). The zero-order valence-corrected chi connectivity index (χ0v) is 15.6. The van der Waals surface area contributed by atoms with Gasteiger partial charge in [0.05, 0.1) is 16.7 Å². The molecule has 2 rings (SSSR count). The van der Waals surface area contributed by atoms with Crippen molar-refractivity contribution in [3.63, 3.8) is 0 Å². The Morgan fingerprint density at radius 3 is 2.35 bits per heavy atom. The number of benzene rings is 2. The molecule has 0 bridgehead atoms. The molecular formula is C17H16BrCl2NO2. The summed E-state index contributed by atoms with van der Waals surface area (Å²) in [7, 11) is 0. The molecule has 0 atom stereocenters. The van der Waals surface area contributed by atoms with Crippen LogP contribution in [0.25, 0.3) is 0 Å². The molecule has 0 unspecified atom stereocenters. The molecule has 0 fully saturated rings. The molecule has 6 heteroatoms. The SMILES string of the molecule is CCCCOc1c(Cl)cc(C(=O)Nc2ccc(Br)cc2)cc1Cl. The van der Waals surface area contributed by atoms with Gasteiger partial charge in [-0.2, -0.15) is 0 Å². The van der Waals surface area contributed by atoms with Gasteiger partial charge in [0.25, 0.3) is 5.91 Å². The van der Waals surface area contributed by atoms with Crippen LogP contribution in [0, 0.1) is 0 Å². The minimum Gasteiger partial charge on any atom is -0.490 e. The Hall–Kier alpha value is -1.23. The molecule has 3 nitrogen and oxygen atoms in total. The van der Waals surface area contributed by atoms with E-state index in [1.807, 2.05) is 12.1 Å². The molecule has 2 aromatic rings. The fraction of sp³-hybridized carbons (Fsp3) is 0.235. The Morgan fingerprint density at radius 1 is 1.17 bits per heavy atom. The minimum atomic E-state index is -0.281. The Labute approximate surface area is 154 Å². The zero-order valence-electron chi connectivity index (χ0n) is 12.5. The summed E-state index contributed by atoms with van der Waals surface area (Å²) in [5, 5.41) is 3.45. The molecule has 122 valence electrons. The molecular weight excluding hydrogens is 401 g/mol. The minimum absolute atomic E-state index is 0.281. The van der Waals surface area contributed by atoms with Crippen LogP contribution < -0.4 is 10.1 Å². The number of hydrogen-bond donors (Lipinski definition) is 1. The lowest BCUT2D eigenvalue weighted by Crippen LogP contribution is -2.12. The summed E-state index contributed by atoms with van der Waals surface area (Å²) in [6.45, 7) is 2.61. The Balaban J connectivity index is 2.13. The van der Waals surface area contributed by atoms with Crippen molar-refractivity contribution < 1.29 is 9.53 Å². The fourth-order valence-electron chi connectivity index (χ4n) is 1.88. The summed E-state index contributed by atoms with van der Waals surface area (Å²) in [6, 6.07) is 10.4. The highest BCUT2D eigenvalue weighted by molar-refractivity contribution is 9.10. The highest BCUT2D eigenvalue weighted by Crippen LogP contribution is 2.34. The second-order valence-electron chi connectivity index (χ2n) is 4.93. The smallest absolute Gasteiger partial charge is 0.255 e. The predicted octanol–water partition coefficient (Wildman–Crippen LogP) is 6.19. The predicted molar refractivity (Wildman–Crippen MR) is 99.0 cm³/mol. The number of nitrogens with one attached hydrogen (secondary N) is 1. The van der Waals surface area contributed by atoms with Crippen LogP contribution in [-0.2, 0) is 0 Å². The second-order valence-corrected chi connectivity index (χ2v) is 6.66. The van der Waals surface area contributed by atoms with Gasteiger partial charge >= 0.3 is 0 Å². The molecule has 0 aliphatic carbocycles. The number of rotatable bonds is 6. The maximum Gasteiger partial charge on any atom is 0.255 e. The summed E-state index contributed by atoms with van der Waals surface area (Å²) in [5.74, 6) is 0.137. The van der Waals surface area contributed by atoms with E-state index < -0.39 is 0 Å². The van der Waals surface area contributed by atoms with Crippen LogP contribution in [-0.4, -0.2) is 12.5 Å². The van der Waals surface area contributed by atoms with E-state index in [9.17, 15) is 4.79 Å². The largest absolute Gasteiger partial charge is 0.490 e. The normalized spacial score (nSPS) is 10.4. The number of carbonyl (C=O) groups excluding carboxylic acids is 1. The number of carbonyl (C=O) groups is 1. The van der Waals surface area contributed by atoms with Gasteiger partial charge in [-0.15, -0.1) is 0 Å². The Bertz CT molecular complexity index is 666. The molecule has 0 radical (unpaired) electrons. The monoisotopic (exact) mass is 415 g/mol. The van der Waals surface area contributed by atoms with Gasteiger partial charge in [0.2, 0.25) is 0 Å². The van der Waals surface area contributed by atoms with E-state index in [1.54, 1.807) is 24.3 Å². The van der Waals surface area contributed by atoms with E-state index in [2.05, 4.69) is 28.2 Å². The average Bonchev–Trinajstić information content (AvgIpc) is 2.52. The first-order chi connectivity index (χ1) is 11.0. The van der Waals surface area contributed by atoms with Gasteiger partial charge in [-0.1, -0.05) is 52.5 Å². The van der Waals surface area contributed by atoms with Gasteiger partial charge in [-0.05, 0) is 42.8 Å². The molecule has 1 amide bonds. The maximum atomic E-state index is 12.3. The quantitative estimate of drug-likeness (QED) is 0.570. The number of unbranched alkanes of at least 4 members (excludes halogenated alkanes) is 1. The van der Waals surface area contributed by atoms with E-state index in [-0.39, 0.29) is 5.91 Å². The third-order valence-corrected chi connectivity index (χ3v) is 4.20. The third-order valence-electron chi connectivity index (χ3n) is 3.11. The van der Waals surface area contributed by atoms with E-state index in [4.69, 9.17) is 27.9 Å².